The van der Waals surface area contributed by atoms with Gasteiger partial charge in [0.2, 0.25) is 0 Å². The summed E-state index contributed by atoms with van der Waals surface area (Å²) in [6.07, 6.45) is 0. The summed E-state index contributed by atoms with van der Waals surface area (Å²) in [7, 11) is -4.13. The van der Waals surface area contributed by atoms with E-state index in [4.69, 9.17) is 0 Å². The van der Waals surface area contributed by atoms with E-state index in [2.05, 4.69) is 20.3 Å². The molecule has 0 bridgehead atoms. The van der Waals surface area contributed by atoms with E-state index in [0.717, 1.165) is 37.9 Å². The van der Waals surface area contributed by atoms with E-state index < -0.39 is 20.7 Å². The molecule has 0 spiro atoms. The van der Waals surface area contributed by atoms with E-state index in [0.29, 0.717) is 12.1 Å². The smallest absolute Gasteiger partial charge is 0.264 e. The van der Waals surface area contributed by atoms with Gasteiger partial charge in [-0.15, -0.1) is 0 Å². The highest BCUT2D eigenvalue weighted by atomic mass is 32.2. The van der Waals surface area contributed by atoms with Crippen molar-refractivity contribution in [1.82, 2.24) is 10.6 Å². The number of nitrogens with zero attached hydrogens (tertiary/aromatic N) is 1. The summed E-state index contributed by atoms with van der Waals surface area (Å²) in [5.74, 6) is -0.833. The number of halogens is 1. The Kier molecular flexibility index (Phi) is 6.94. The lowest BCUT2D eigenvalue weighted by molar-refractivity contribution is 0.0949. The van der Waals surface area contributed by atoms with Crippen molar-refractivity contribution >= 4 is 27.3 Å². The number of piperazine rings is 1. The highest BCUT2D eigenvalue weighted by Gasteiger charge is 2.22. The van der Waals surface area contributed by atoms with E-state index >= 15 is 0 Å². The first-order chi connectivity index (χ1) is 14.3. The third-order valence-corrected chi connectivity index (χ3v) is 6.16. The highest BCUT2D eigenvalue weighted by Crippen LogP contribution is 2.27. The first-order valence-electron chi connectivity index (χ1n) is 9.93. The standard InChI is InChI=1S/C21H27FN4O3S/c1-15(2)14-24-21(27)17-13-16(7-8-19(17)26-11-9-23-10-12-26)25-30(28,29)20-6-4-3-5-18(20)22/h3-8,13,15,23,25H,9-12,14H2,1-2H3,(H,24,27). The number of sulfonamides is 1. The van der Waals surface area contributed by atoms with E-state index in [1.165, 1.54) is 24.3 Å². The topological polar surface area (TPSA) is 90.5 Å². The zero-order valence-corrected chi connectivity index (χ0v) is 17.9. The molecule has 0 radical (unpaired) electrons. The molecular formula is C21H27FN4O3S. The van der Waals surface area contributed by atoms with Gasteiger partial charge in [-0.25, -0.2) is 12.8 Å². The molecule has 1 amide bonds. The number of rotatable bonds is 7. The van der Waals surface area contributed by atoms with Crippen LogP contribution in [0.5, 0.6) is 0 Å². The predicted molar refractivity (Wildman–Crippen MR) is 116 cm³/mol. The molecule has 1 saturated heterocycles. The molecule has 0 unspecified atom stereocenters. The summed E-state index contributed by atoms with van der Waals surface area (Å²) < 4.78 is 41.6. The van der Waals surface area contributed by atoms with Crippen molar-refractivity contribution in [3.8, 4) is 0 Å². The van der Waals surface area contributed by atoms with Gasteiger partial charge in [0.15, 0.2) is 0 Å². The molecule has 1 fully saturated rings. The first kappa shape index (κ1) is 22.0. The Balaban J connectivity index is 1.93. The van der Waals surface area contributed by atoms with Crippen LogP contribution in [0.3, 0.4) is 0 Å². The lowest BCUT2D eigenvalue weighted by atomic mass is 10.1. The quantitative estimate of drug-likeness (QED) is 0.623. The molecular weight excluding hydrogens is 407 g/mol. The number of nitrogens with one attached hydrogen (secondary N) is 3. The fraction of sp³-hybridized carbons (Fsp3) is 0.381. The van der Waals surface area contributed by atoms with Gasteiger partial charge >= 0.3 is 0 Å². The molecule has 30 heavy (non-hydrogen) atoms. The predicted octanol–water partition coefficient (Wildman–Crippen LogP) is 2.42. The Morgan fingerprint density at radius 2 is 1.87 bits per heavy atom. The van der Waals surface area contributed by atoms with Crippen molar-refractivity contribution in [2.45, 2.75) is 18.7 Å². The zero-order valence-electron chi connectivity index (χ0n) is 17.1. The molecule has 162 valence electrons. The van der Waals surface area contributed by atoms with Crippen LogP contribution in [0.2, 0.25) is 0 Å². The number of hydrogen-bond donors (Lipinski definition) is 3. The first-order valence-corrected chi connectivity index (χ1v) is 11.4. The molecule has 7 nitrogen and oxygen atoms in total. The second kappa shape index (κ2) is 9.44. The molecule has 3 rings (SSSR count). The van der Waals surface area contributed by atoms with Gasteiger partial charge in [0.25, 0.3) is 15.9 Å². The molecule has 0 aliphatic carbocycles. The van der Waals surface area contributed by atoms with Crippen LogP contribution in [-0.2, 0) is 10.0 Å². The molecule has 0 atom stereocenters. The van der Waals surface area contributed by atoms with Crippen LogP contribution < -0.4 is 20.3 Å². The Bertz CT molecular complexity index is 1010. The van der Waals surface area contributed by atoms with Crippen LogP contribution in [0, 0.1) is 11.7 Å². The van der Waals surface area contributed by atoms with E-state index in [1.807, 2.05) is 13.8 Å². The summed E-state index contributed by atoms with van der Waals surface area (Å²) in [5.41, 5.74) is 1.32. The van der Waals surface area contributed by atoms with Crippen molar-refractivity contribution < 1.29 is 17.6 Å². The van der Waals surface area contributed by atoms with Gasteiger partial charge in [0.05, 0.1) is 5.56 Å². The molecule has 3 N–H and O–H groups in total. The Morgan fingerprint density at radius 3 is 2.53 bits per heavy atom. The summed E-state index contributed by atoms with van der Waals surface area (Å²) in [5, 5.41) is 6.16. The minimum absolute atomic E-state index is 0.201. The summed E-state index contributed by atoms with van der Waals surface area (Å²) in [6.45, 7) is 7.58. The normalized spacial score (nSPS) is 14.6. The molecule has 1 aliphatic rings. The number of carbonyl (C=O) groups is 1. The maximum absolute atomic E-state index is 14.0. The Hall–Kier alpha value is -2.65. The van der Waals surface area contributed by atoms with E-state index in [-0.39, 0.29) is 17.5 Å². The summed E-state index contributed by atoms with van der Waals surface area (Å²) in [6, 6.07) is 9.99. The molecule has 0 aromatic heterocycles. The van der Waals surface area contributed by atoms with Crippen LogP contribution in [0.25, 0.3) is 0 Å². The van der Waals surface area contributed by atoms with Crippen LogP contribution in [0.4, 0.5) is 15.8 Å². The van der Waals surface area contributed by atoms with Crippen molar-refractivity contribution in [3.63, 3.8) is 0 Å². The Labute approximate surface area is 176 Å². The number of carbonyl (C=O) groups excluding carboxylic acids is 1. The fourth-order valence-electron chi connectivity index (χ4n) is 3.23. The lowest BCUT2D eigenvalue weighted by Gasteiger charge is -2.31. The zero-order chi connectivity index (χ0) is 21.7. The number of amides is 1. The van der Waals surface area contributed by atoms with Crippen LogP contribution in [0.1, 0.15) is 24.2 Å². The van der Waals surface area contributed by atoms with Gasteiger partial charge in [-0.1, -0.05) is 26.0 Å². The molecule has 0 saturated carbocycles. The molecule has 2 aromatic rings. The summed E-state index contributed by atoms with van der Waals surface area (Å²) >= 11 is 0. The van der Waals surface area contributed by atoms with Gasteiger partial charge in [-0.2, -0.15) is 0 Å². The SMILES string of the molecule is CC(C)CNC(=O)c1cc(NS(=O)(=O)c2ccccc2F)ccc1N1CCNCC1. The minimum Gasteiger partial charge on any atom is -0.368 e. The van der Waals surface area contributed by atoms with Crippen molar-refractivity contribution in [1.29, 1.82) is 0 Å². The van der Waals surface area contributed by atoms with E-state index in [1.54, 1.807) is 12.1 Å². The number of anilines is 2. The average molecular weight is 435 g/mol. The lowest BCUT2D eigenvalue weighted by Crippen LogP contribution is -2.44. The molecule has 1 aliphatic heterocycles. The molecule has 9 heteroatoms. The molecule has 2 aromatic carbocycles. The average Bonchev–Trinajstić information content (AvgIpc) is 2.72. The van der Waals surface area contributed by atoms with E-state index in [9.17, 15) is 17.6 Å². The second-order valence-electron chi connectivity index (χ2n) is 7.61. The largest absolute Gasteiger partial charge is 0.368 e. The number of hydrogen-bond acceptors (Lipinski definition) is 5. The van der Waals surface area contributed by atoms with Gasteiger partial charge < -0.3 is 15.5 Å². The van der Waals surface area contributed by atoms with Gasteiger partial charge in [-0.05, 0) is 36.2 Å². The van der Waals surface area contributed by atoms with Crippen molar-refractivity contribution in [2.75, 3.05) is 42.3 Å². The third-order valence-electron chi connectivity index (χ3n) is 4.75. The maximum Gasteiger partial charge on any atom is 0.264 e. The fourth-order valence-corrected chi connectivity index (χ4v) is 4.36. The third kappa shape index (κ3) is 5.28. The molecule has 1 heterocycles. The number of benzene rings is 2. The Morgan fingerprint density at radius 1 is 1.17 bits per heavy atom. The second-order valence-corrected chi connectivity index (χ2v) is 9.26. The monoisotopic (exact) mass is 434 g/mol. The van der Waals surface area contributed by atoms with Crippen molar-refractivity contribution in [3.05, 3.63) is 53.8 Å². The maximum atomic E-state index is 14.0. The van der Waals surface area contributed by atoms with Gasteiger partial charge in [-0.3, -0.25) is 9.52 Å². The van der Waals surface area contributed by atoms with Crippen LogP contribution in [0.15, 0.2) is 47.4 Å². The summed E-state index contributed by atoms with van der Waals surface area (Å²) in [4.78, 5) is 14.5. The minimum atomic E-state index is -4.13. The van der Waals surface area contributed by atoms with Crippen LogP contribution in [-0.4, -0.2) is 47.0 Å². The van der Waals surface area contributed by atoms with Gasteiger partial charge in [0.1, 0.15) is 10.7 Å². The van der Waals surface area contributed by atoms with Crippen molar-refractivity contribution in [2.24, 2.45) is 5.92 Å². The van der Waals surface area contributed by atoms with Gasteiger partial charge in [0, 0.05) is 44.1 Å². The van der Waals surface area contributed by atoms with Crippen LogP contribution >= 0.6 is 0 Å². The highest BCUT2D eigenvalue weighted by molar-refractivity contribution is 7.92.